The number of esters is 2. The summed E-state index contributed by atoms with van der Waals surface area (Å²) in [6.45, 7) is 7.70. The van der Waals surface area contributed by atoms with Crippen LogP contribution in [0, 0.1) is 0 Å². The van der Waals surface area contributed by atoms with Gasteiger partial charge in [-0.3, -0.25) is 19.2 Å². The molecule has 0 aliphatic carbocycles. The minimum Gasteiger partial charge on any atom is -0.457 e. The van der Waals surface area contributed by atoms with Crippen LogP contribution in [0.5, 0.6) is 0 Å². The summed E-state index contributed by atoms with van der Waals surface area (Å²) in [5.41, 5.74) is -0.160. The number of likely N-dealkylation sites (N-methyl/N-ethyl adjacent to an activating group) is 1. The number of hydrogen-bond acceptors (Lipinski definition) is 8. The van der Waals surface area contributed by atoms with Crippen LogP contribution >= 0.6 is 0 Å². The molecule has 0 spiro atoms. The van der Waals surface area contributed by atoms with Crippen LogP contribution in [0.1, 0.15) is 50.9 Å². The van der Waals surface area contributed by atoms with E-state index in [9.17, 15) is 24.0 Å². The third kappa shape index (κ3) is 7.28. The molecular weight excluding hydrogens is 482 g/mol. The fourth-order valence-electron chi connectivity index (χ4n) is 4.22. The normalized spacial score (nSPS) is 18.8. The molecule has 3 amide bonds. The van der Waals surface area contributed by atoms with E-state index in [0.717, 1.165) is 19.8 Å². The number of benzene rings is 1. The lowest BCUT2D eigenvalue weighted by Gasteiger charge is -2.35. The molecule has 37 heavy (non-hydrogen) atoms. The molecule has 0 N–H and O–H groups in total. The highest BCUT2D eigenvalue weighted by Gasteiger charge is 2.44. The van der Waals surface area contributed by atoms with Gasteiger partial charge in [0, 0.05) is 44.9 Å². The topological polar surface area (TPSA) is 123 Å². The maximum atomic E-state index is 13.4. The highest BCUT2D eigenvalue weighted by molar-refractivity contribution is 6.02. The van der Waals surface area contributed by atoms with E-state index < -0.39 is 35.7 Å². The van der Waals surface area contributed by atoms with Gasteiger partial charge in [-0.15, -0.1) is 0 Å². The zero-order valence-electron chi connectivity index (χ0n) is 22.0. The van der Waals surface area contributed by atoms with Gasteiger partial charge in [-0.25, -0.2) is 4.79 Å². The first-order chi connectivity index (χ1) is 17.4. The van der Waals surface area contributed by atoms with Crippen LogP contribution in [-0.2, 0) is 33.4 Å². The summed E-state index contributed by atoms with van der Waals surface area (Å²) in [6.07, 6.45) is -1.06. The van der Waals surface area contributed by atoms with Crippen LogP contribution in [-0.4, -0.2) is 97.1 Å². The van der Waals surface area contributed by atoms with Crippen molar-refractivity contribution in [2.75, 3.05) is 44.7 Å². The molecule has 2 heterocycles. The average Bonchev–Trinajstić information content (AvgIpc) is 3.36. The lowest BCUT2D eigenvalue weighted by molar-refractivity contribution is -0.188. The second-order valence-corrected chi connectivity index (χ2v) is 10.1. The summed E-state index contributed by atoms with van der Waals surface area (Å²) in [5.74, 6) is -2.72. The molecule has 11 heteroatoms. The summed E-state index contributed by atoms with van der Waals surface area (Å²) in [4.78, 5) is 67.8. The number of likely N-dealkylation sites (tertiary alicyclic amines) is 1. The Morgan fingerprint density at radius 2 is 1.81 bits per heavy atom. The second-order valence-electron chi connectivity index (χ2n) is 10.1. The third-order valence-electron chi connectivity index (χ3n) is 5.91. The molecule has 0 bridgehead atoms. The van der Waals surface area contributed by atoms with E-state index in [1.807, 2.05) is 0 Å². The van der Waals surface area contributed by atoms with E-state index in [2.05, 4.69) is 0 Å². The van der Waals surface area contributed by atoms with Crippen molar-refractivity contribution in [3.8, 4) is 0 Å². The highest BCUT2D eigenvalue weighted by atomic mass is 16.6. The molecule has 2 aliphatic rings. The molecule has 11 nitrogen and oxygen atoms in total. The van der Waals surface area contributed by atoms with Gasteiger partial charge in [0.05, 0.1) is 13.2 Å². The number of morpholine rings is 1. The Kier molecular flexibility index (Phi) is 8.90. The standard InChI is InChI=1S/C26H35N3O8/c1-17(30)36-22(25(34)37-26(2,3)4)21-24(33)29(13-14-35-21)19-10-8-9-18(15-19)23(32)27(5)16-20(31)28-11-6-7-12-28/h8-10,15,21-22H,6-7,11-14,16H2,1-5H3/t21-,22-/m1/s1. The zero-order valence-corrected chi connectivity index (χ0v) is 22.0. The summed E-state index contributed by atoms with van der Waals surface area (Å²) in [5, 5.41) is 0. The molecular formula is C26H35N3O8. The van der Waals surface area contributed by atoms with Crippen LogP contribution in [0.2, 0.25) is 0 Å². The van der Waals surface area contributed by atoms with Gasteiger partial charge in [0.25, 0.3) is 11.8 Å². The molecule has 0 saturated carbocycles. The first-order valence-electron chi connectivity index (χ1n) is 12.3. The van der Waals surface area contributed by atoms with Crippen LogP contribution in [0.4, 0.5) is 5.69 Å². The molecule has 0 radical (unpaired) electrons. The number of carbonyl (C=O) groups is 5. The van der Waals surface area contributed by atoms with Crippen LogP contribution < -0.4 is 4.90 Å². The Balaban J connectivity index is 1.76. The van der Waals surface area contributed by atoms with Crippen molar-refractivity contribution >= 4 is 35.3 Å². The van der Waals surface area contributed by atoms with Gasteiger partial charge >= 0.3 is 11.9 Å². The number of carbonyl (C=O) groups excluding carboxylic acids is 5. The van der Waals surface area contributed by atoms with Crippen molar-refractivity contribution in [3.05, 3.63) is 29.8 Å². The van der Waals surface area contributed by atoms with Crippen LogP contribution in [0.3, 0.4) is 0 Å². The van der Waals surface area contributed by atoms with E-state index in [1.165, 1.54) is 9.80 Å². The third-order valence-corrected chi connectivity index (χ3v) is 5.91. The minimum absolute atomic E-state index is 0.0401. The zero-order chi connectivity index (χ0) is 27.3. The number of anilines is 1. The Hall–Kier alpha value is -3.47. The van der Waals surface area contributed by atoms with Gasteiger partial charge < -0.3 is 28.9 Å². The van der Waals surface area contributed by atoms with Gasteiger partial charge in [0.2, 0.25) is 12.0 Å². The predicted molar refractivity (Wildman–Crippen MR) is 133 cm³/mol. The smallest absolute Gasteiger partial charge is 0.351 e. The van der Waals surface area contributed by atoms with Crippen molar-refractivity contribution in [3.63, 3.8) is 0 Å². The Bertz CT molecular complexity index is 1040. The molecule has 2 fully saturated rings. The molecule has 2 atom stereocenters. The fourth-order valence-corrected chi connectivity index (χ4v) is 4.22. The second kappa shape index (κ2) is 11.7. The molecule has 0 aromatic heterocycles. The average molecular weight is 518 g/mol. The first kappa shape index (κ1) is 28.1. The molecule has 0 unspecified atom stereocenters. The monoisotopic (exact) mass is 517 g/mol. The van der Waals surface area contributed by atoms with Gasteiger partial charge in [-0.05, 0) is 51.8 Å². The van der Waals surface area contributed by atoms with Crippen molar-refractivity contribution < 1.29 is 38.2 Å². The fraction of sp³-hybridized carbons (Fsp3) is 0.577. The Morgan fingerprint density at radius 3 is 2.43 bits per heavy atom. The first-order valence-corrected chi connectivity index (χ1v) is 12.3. The number of amides is 3. The van der Waals surface area contributed by atoms with Crippen LogP contribution in [0.15, 0.2) is 24.3 Å². The van der Waals surface area contributed by atoms with E-state index >= 15 is 0 Å². The van der Waals surface area contributed by atoms with Crippen molar-refractivity contribution in [1.82, 2.24) is 9.80 Å². The maximum absolute atomic E-state index is 13.4. The molecule has 202 valence electrons. The van der Waals surface area contributed by atoms with Gasteiger partial charge in [-0.2, -0.15) is 0 Å². The summed E-state index contributed by atoms with van der Waals surface area (Å²) in [7, 11) is 1.56. The SMILES string of the molecule is CC(=O)O[C@@H](C(=O)OC(C)(C)C)[C@H]1OCCN(c2cccc(C(=O)N(C)CC(=O)N3CCCC3)c2)C1=O. The largest absolute Gasteiger partial charge is 0.457 e. The van der Waals surface area contributed by atoms with Gasteiger partial charge in [0.1, 0.15) is 5.60 Å². The summed E-state index contributed by atoms with van der Waals surface area (Å²) in [6, 6.07) is 6.44. The van der Waals surface area contributed by atoms with Gasteiger partial charge in [0.15, 0.2) is 6.10 Å². The Labute approximate surface area is 216 Å². The summed E-state index contributed by atoms with van der Waals surface area (Å²) >= 11 is 0. The predicted octanol–water partition coefficient (Wildman–Crippen LogP) is 1.39. The van der Waals surface area contributed by atoms with Gasteiger partial charge in [-0.1, -0.05) is 6.07 Å². The Morgan fingerprint density at radius 1 is 1.14 bits per heavy atom. The quantitative estimate of drug-likeness (QED) is 0.497. The van der Waals surface area contributed by atoms with E-state index in [0.29, 0.717) is 24.3 Å². The molecule has 1 aromatic rings. The highest BCUT2D eigenvalue weighted by Crippen LogP contribution is 2.24. The molecule has 3 rings (SSSR count). The van der Waals surface area contributed by atoms with E-state index in [-0.39, 0.29) is 31.5 Å². The minimum atomic E-state index is -1.58. The number of rotatable bonds is 7. The number of hydrogen-bond donors (Lipinski definition) is 0. The number of ether oxygens (including phenoxy) is 3. The lowest BCUT2D eigenvalue weighted by atomic mass is 10.1. The van der Waals surface area contributed by atoms with Crippen molar-refractivity contribution in [2.24, 2.45) is 0 Å². The van der Waals surface area contributed by atoms with Crippen molar-refractivity contribution in [1.29, 1.82) is 0 Å². The molecule has 2 saturated heterocycles. The maximum Gasteiger partial charge on any atom is 0.351 e. The van der Waals surface area contributed by atoms with Crippen LogP contribution in [0.25, 0.3) is 0 Å². The molecule has 1 aromatic carbocycles. The van der Waals surface area contributed by atoms with Crippen molar-refractivity contribution in [2.45, 2.75) is 58.3 Å². The summed E-state index contributed by atoms with van der Waals surface area (Å²) < 4.78 is 16.0. The van der Waals surface area contributed by atoms with E-state index in [1.54, 1.807) is 57.0 Å². The lowest BCUT2D eigenvalue weighted by Crippen LogP contribution is -2.56. The number of nitrogens with zero attached hydrogens (tertiary/aromatic N) is 3. The van der Waals surface area contributed by atoms with E-state index in [4.69, 9.17) is 14.2 Å². The molecule has 2 aliphatic heterocycles.